The van der Waals surface area contributed by atoms with E-state index in [1.807, 2.05) is 51.1 Å². The average Bonchev–Trinajstić information content (AvgIpc) is 3.02. The van der Waals surface area contributed by atoms with Crippen LogP contribution >= 0.6 is 0 Å². The minimum atomic E-state index is -0.361. The smallest absolute Gasteiger partial charge is 0.408 e. The highest BCUT2D eigenvalue weighted by atomic mass is 16.6. The van der Waals surface area contributed by atoms with Gasteiger partial charge >= 0.3 is 6.09 Å². The van der Waals surface area contributed by atoms with E-state index in [0.29, 0.717) is 18.6 Å². The summed E-state index contributed by atoms with van der Waals surface area (Å²) in [5, 5.41) is 9.57. The Hall–Kier alpha value is -4.76. The number of piperidine rings is 1. The quantitative estimate of drug-likeness (QED) is 0.186. The van der Waals surface area contributed by atoms with Crippen molar-refractivity contribution in [3.63, 3.8) is 0 Å². The Balaban J connectivity index is 1.15. The number of amides is 1. The second-order valence-electron chi connectivity index (χ2n) is 11.1. The van der Waals surface area contributed by atoms with E-state index in [2.05, 4.69) is 72.7 Å². The molecule has 1 aliphatic heterocycles. The van der Waals surface area contributed by atoms with Crippen LogP contribution in [0.25, 0.3) is 17.0 Å². The third-order valence-corrected chi connectivity index (χ3v) is 7.50. The Morgan fingerprint density at radius 1 is 1.07 bits per heavy atom. The number of carbonyl (C=O) groups excluding carboxylic acids is 1. The molecular weight excluding hydrogens is 538 g/mol. The van der Waals surface area contributed by atoms with E-state index >= 15 is 0 Å². The van der Waals surface area contributed by atoms with E-state index in [1.165, 1.54) is 5.56 Å². The minimum absolute atomic E-state index is 0.0704. The number of rotatable bonds is 10. The van der Waals surface area contributed by atoms with E-state index in [4.69, 9.17) is 4.74 Å². The number of pyridine rings is 1. The normalized spacial score (nSPS) is 13.9. The van der Waals surface area contributed by atoms with Gasteiger partial charge in [-0.25, -0.2) is 14.8 Å². The Morgan fingerprint density at radius 2 is 1.86 bits per heavy atom. The van der Waals surface area contributed by atoms with E-state index in [0.717, 1.165) is 65.4 Å². The number of benzene rings is 2. The molecular formula is C34H39N7O2. The average molecular weight is 578 g/mol. The Morgan fingerprint density at radius 3 is 2.58 bits per heavy atom. The van der Waals surface area contributed by atoms with Gasteiger partial charge in [0.05, 0.1) is 5.69 Å². The van der Waals surface area contributed by atoms with Crippen molar-refractivity contribution < 1.29 is 9.53 Å². The summed E-state index contributed by atoms with van der Waals surface area (Å²) in [6.07, 6.45) is 6.97. The van der Waals surface area contributed by atoms with Gasteiger partial charge in [-0.15, -0.1) is 0 Å². The molecule has 0 unspecified atom stereocenters. The summed E-state index contributed by atoms with van der Waals surface area (Å²) < 4.78 is 5.34. The van der Waals surface area contributed by atoms with Crippen molar-refractivity contribution in [3.05, 3.63) is 103 Å². The van der Waals surface area contributed by atoms with E-state index in [-0.39, 0.29) is 12.1 Å². The zero-order valence-corrected chi connectivity index (χ0v) is 25.0. The van der Waals surface area contributed by atoms with Crippen LogP contribution in [0.3, 0.4) is 0 Å². The van der Waals surface area contributed by atoms with Crippen molar-refractivity contribution in [2.75, 3.05) is 30.5 Å². The molecule has 0 atom stereocenters. The van der Waals surface area contributed by atoms with Crippen LogP contribution < -0.4 is 16.0 Å². The molecule has 0 bridgehead atoms. The summed E-state index contributed by atoms with van der Waals surface area (Å²) in [6, 6.07) is 20.6. The fourth-order valence-corrected chi connectivity index (χ4v) is 5.07. The number of nitrogens with zero attached hydrogens (tertiary/aromatic N) is 4. The molecule has 1 aliphatic rings. The lowest BCUT2D eigenvalue weighted by molar-refractivity contribution is 0.0534. The van der Waals surface area contributed by atoms with Crippen molar-refractivity contribution >= 4 is 29.1 Å². The van der Waals surface area contributed by atoms with Gasteiger partial charge in [-0.2, -0.15) is 0 Å². The molecule has 0 spiro atoms. The number of alkyl carbamates (subject to hydrolysis) is 1. The van der Waals surface area contributed by atoms with Crippen molar-refractivity contribution in [3.8, 4) is 11.3 Å². The number of aromatic nitrogens is 3. The topological polar surface area (TPSA) is 104 Å². The maximum atomic E-state index is 11.8. The second-order valence-corrected chi connectivity index (χ2v) is 11.1. The summed E-state index contributed by atoms with van der Waals surface area (Å²) in [4.78, 5) is 27.2. The number of anilines is 3. The Kier molecular flexibility index (Phi) is 9.63. The maximum absolute atomic E-state index is 11.8. The van der Waals surface area contributed by atoms with Crippen LogP contribution in [0.5, 0.6) is 0 Å². The predicted molar refractivity (Wildman–Crippen MR) is 172 cm³/mol. The van der Waals surface area contributed by atoms with Gasteiger partial charge in [0.2, 0.25) is 5.95 Å². The molecule has 4 aromatic rings. The lowest BCUT2D eigenvalue weighted by atomic mass is 9.89. The largest absolute Gasteiger partial charge is 0.433 e. The van der Waals surface area contributed by atoms with Crippen LogP contribution in [0.4, 0.5) is 22.1 Å². The van der Waals surface area contributed by atoms with Crippen molar-refractivity contribution in [2.24, 2.45) is 0 Å². The van der Waals surface area contributed by atoms with Crippen LogP contribution in [0.1, 0.15) is 49.3 Å². The second kappa shape index (κ2) is 13.9. The third-order valence-electron chi connectivity index (χ3n) is 7.50. The zero-order valence-electron chi connectivity index (χ0n) is 25.0. The van der Waals surface area contributed by atoms with Gasteiger partial charge in [0.25, 0.3) is 0 Å². The molecule has 2 aromatic heterocycles. The molecule has 9 nitrogen and oxygen atoms in total. The number of hydrogen-bond acceptors (Lipinski definition) is 8. The molecule has 3 N–H and O–H groups in total. The summed E-state index contributed by atoms with van der Waals surface area (Å²) in [6.45, 7) is 12.3. The molecule has 0 aliphatic carbocycles. The molecule has 1 amide bonds. The van der Waals surface area contributed by atoms with Crippen LogP contribution in [-0.2, 0) is 4.74 Å². The van der Waals surface area contributed by atoms with Crippen molar-refractivity contribution in [1.29, 1.82) is 0 Å². The van der Waals surface area contributed by atoms with Gasteiger partial charge in [-0.3, -0.25) is 9.88 Å². The molecule has 0 radical (unpaired) electrons. The highest BCUT2D eigenvalue weighted by Crippen LogP contribution is 2.30. The SMILES string of the molecule is C=C(Nc1ccc(C)c(Nc2nccc(-c3cccnc3)n2)c1)c1ccc(C2CCN(COC(=O)NC(C)C)CC2)cc1. The van der Waals surface area contributed by atoms with Gasteiger partial charge in [0, 0.05) is 60.4 Å². The fraction of sp³-hybridized carbons (Fsp3) is 0.294. The molecule has 9 heteroatoms. The van der Waals surface area contributed by atoms with Gasteiger partial charge < -0.3 is 20.7 Å². The molecule has 1 saturated heterocycles. The van der Waals surface area contributed by atoms with E-state index < -0.39 is 0 Å². The Labute approximate surface area is 253 Å². The lowest BCUT2D eigenvalue weighted by Gasteiger charge is -2.31. The zero-order chi connectivity index (χ0) is 30.2. The number of likely N-dealkylation sites (tertiary alicyclic amines) is 1. The van der Waals surface area contributed by atoms with Gasteiger partial charge in [-0.05, 0) is 86.6 Å². The van der Waals surface area contributed by atoms with Crippen LogP contribution in [0.15, 0.2) is 85.8 Å². The van der Waals surface area contributed by atoms with Crippen molar-refractivity contribution in [2.45, 2.75) is 45.6 Å². The molecule has 43 heavy (non-hydrogen) atoms. The van der Waals surface area contributed by atoms with Gasteiger partial charge in [0.15, 0.2) is 0 Å². The molecule has 222 valence electrons. The minimum Gasteiger partial charge on any atom is -0.433 e. The van der Waals surface area contributed by atoms with Crippen LogP contribution in [0.2, 0.25) is 0 Å². The first-order chi connectivity index (χ1) is 20.8. The summed E-state index contributed by atoms with van der Waals surface area (Å²) in [5.41, 5.74) is 7.83. The highest BCUT2D eigenvalue weighted by molar-refractivity contribution is 5.78. The summed E-state index contributed by atoms with van der Waals surface area (Å²) >= 11 is 0. The number of hydrogen-bond donors (Lipinski definition) is 3. The lowest BCUT2D eigenvalue weighted by Crippen LogP contribution is -2.38. The maximum Gasteiger partial charge on any atom is 0.408 e. The van der Waals surface area contributed by atoms with Gasteiger partial charge in [-0.1, -0.05) is 36.9 Å². The van der Waals surface area contributed by atoms with E-state index in [9.17, 15) is 4.79 Å². The first kappa shape index (κ1) is 29.7. The fourth-order valence-electron chi connectivity index (χ4n) is 5.07. The first-order valence-corrected chi connectivity index (χ1v) is 14.7. The Bertz CT molecular complexity index is 1530. The number of nitrogens with one attached hydrogen (secondary N) is 3. The summed E-state index contributed by atoms with van der Waals surface area (Å²) in [5.74, 6) is 1.01. The van der Waals surface area contributed by atoms with Gasteiger partial charge in [0.1, 0.15) is 6.73 Å². The standard InChI is InChI=1S/C34H39N7O2/c1-23(2)37-34(42)43-22-41-18-14-28(15-19-41)27-10-8-26(9-11-27)25(4)38-30-12-7-24(3)32(20-30)40-33-36-17-13-31(39-33)29-6-5-16-35-21-29/h5-13,16-17,20-21,23,28,38H,4,14-15,18-19,22H2,1-3H3,(H,37,42)(H,36,39,40). The van der Waals surface area contributed by atoms with E-state index in [1.54, 1.807) is 18.6 Å². The highest BCUT2D eigenvalue weighted by Gasteiger charge is 2.21. The molecule has 0 saturated carbocycles. The number of ether oxygens (including phenoxy) is 1. The molecule has 3 heterocycles. The molecule has 2 aromatic carbocycles. The third kappa shape index (κ3) is 8.17. The molecule has 1 fully saturated rings. The number of carbonyl (C=O) groups is 1. The van der Waals surface area contributed by atoms with Crippen LogP contribution in [-0.4, -0.2) is 51.8 Å². The van der Waals surface area contributed by atoms with Crippen molar-refractivity contribution in [1.82, 2.24) is 25.2 Å². The number of aryl methyl sites for hydroxylation is 1. The monoisotopic (exact) mass is 577 g/mol. The first-order valence-electron chi connectivity index (χ1n) is 14.7. The molecule has 5 rings (SSSR count). The summed E-state index contributed by atoms with van der Waals surface area (Å²) in [7, 11) is 0. The predicted octanol–water partition coefficient (Wildman–Crippen LogP) is 6.94. The van der Waals surface area contributed by atoms with Crippen LogP contribution in [0, 0.1) is 6.92 Å².